The molecule has 0 aliphatic heterocycles. The van der Waals surface area contributed by atoms with E-state index in [-0.39, 0.29) is 5.91 Å². The zero-order chi connectivity index (χ0) is 12.4. The van der Waals surface area contributed by atoms with Crippen molar-refractivity contribution in [3.63, 3.8) is 0 Å². The highest BCUT2D eigenvalue weighted by Crippen LogP contribution is 2.32. The van der Waals surface area contributed by atoms with Gasteiger partial charge < -0.3 is 5.32 Å². The fraction of sp³-hybridized carbons (Fsp3) is 0. The molecule has 0 aromatic carbocycles. The molecule has 3 nitrogen and oxygen atoms in total. The summed E-state index contributed by atoms with van der Waals surface area (Å²) in [4.78, 5) is 16.6. The van der Waals surface area contributed by atoms with E-state index in [1.165, 1.54) is 11.3 Å². The second-order valence-corrected chi connectivity index (χ2v) is 7.10. The minimum atomic E-state index is -0.180. The van der Waals surface area contributed by atoms with Gasteiger partial charge in [-0.2, -0.15) is 0 Å². The summed E-state index contributed by atoms with van der Waals surface area (Å²) >= 11 is 11.4. The van der Waals surface area contributed by atoms with Crippen molar-refractivity contribution in [3.8, 4) is 0 Å². The number of hydrogen-bond donors (Lipinski definition) is 1. The zero-order valence-electron chi connectivity index (χ0n) is 8.21. The molecule has 2 aromatic heterocycles. The molecule has 0 bridgehead atoms. The number of amides is 1. The van der Waals surface area contributed by atoms with Crippen LogP contribution in [0.2, 0.25) is 0 Å². The van der Waals surface area contributed by atoms with Gasteiger partial charge >= 0.3 is 0 Å². The van der Waals surface area contributed by atoms with E-state index in [9.17, 15) is 4.79 Å². The van der Waals surface area contributed by atoms with E-state index in [0.29, 0.717) is 10.7 Å². The Morgan fingerprint density at radius 2 is 2.06 bits per heavy atom. The molecule has 0 aliphatic carbocycles. The molecule has 0 fully saturated rings. The van der Waals surface area contributed by atoms with E-state index in [0.717, 1.165) is 12.7 Å². The molecule has 1 N–H and O–H groups in total. The topological polar surface area (TPSA) is 42.0 Å². The highest BCUT2D eigenvalue weighted by Gasteiger charge is 2.13. The predicted molar refractivity (Wildman–Crippen MR) is 79.6 cm³/mol. The quantitative estimate of drug-likeness (QED) is 0.736. The molecule has 0 atom stereocenters. The summed E-state index contributed by atoms with van der Waals surface area (Å²) in [5.41, 5.74) is 0. The second kappa shape index (κ2) is 5.60. The molecule has 0 saturated heterocycles. The number of halogens is 3. The van der Waals surface area contributed by atoms with Crippen LogP contribution in [-0.2, 0) is 0 Å². The average Bonchev–Trinajstić information content (AvgIpc) is 2.63. The number of carbonyl (C=O) groups excluding carboxylic acids is 1. The predicted octanol–water partition coefficient (Wildman–Crippen LogP) is 4.68. The van der Waals surface area contributed by atoms with E-state index in [1.54, 1.807) is 18.3 Å². The van der Waals surface area contributed by atoms with Crippen molar-refractivity contribution < 1.29 is 4.79 Å². The van der Waals surface area contributed by atoms with Gasteiger partial charge in [-0.3, -0.25) is 4.79 Å². The van der Waals surface area contributed by atoms with Crippen molar-refractivity contribution in [2.75, 3.05) is 5.32 Å². The van der Waals surface area contributed by atoms with Crippen LogP contribution in [0.4, 0.5) is 5.82 Å². The highest BCUT2D eigenvalue weighted by atomic mass is 79.9. The van der Waals surface area contributed by atoms with Crippen LogP contribution in [0.3, 0.4) is 0 Å². The maximum Gasteiger partial charge on any atom is 0.266 e. The van der Waals surface area contributed by atoms with Crippen molar-refractivity contribution in [1.82, 2.24) is 4.98 Å². The third-order valence-corrected chi connectivity index (χ3v) is 5.75. The molecule has 88 valence electrons. The summed E-state index contributed by atoms with van der Waals surface area (Å²) < 4.78 is 2.51. The summed E-state index contributed by atoms with van der Waals surface area (Å²) in [5.74, 6) is 0.332. The number of thiophene rings is 1. The normalized spacial score (nSPS) is 10.3. The van der Waals surface area contributed by atoms with Gasteiger partial charge in [-0.15, -0.1) is 11.3 Å². The number of carbonyl (C=O) groups is 1. The van der Waals surface area contributed by atoms with Crippen molar-refractivity contribution >= 4 is 70.9 Å². The number of anilines is 1. The molecule has 0 saturated carbocycles. The van der Waals surface area contributed by atoms with E-state index >= 15 is 0 Å². The number of hydrogen-bond acceptors (Lipinski definition) is 3. The molecule has 0 unspecified atom stereocenters. The summed E-state index contributed by atoms with van der Waals surface area (Å²) in [6.07, 6.45) is 1.63. The van der Waals surface area contributed by atoms with Gasteiger partial charge in [0.25, 0.3) is 5.91 Å². The van der Waals surface area contributed by atoms with Crippen molar-refractivity contribution in [3.05, 3.63) is 42.0 Å². The first kappa shape index (κ1) is 13.2. The van der Waals surface area contributed by atoms with Crippen LogP contribution in [0, 0.1) is 0 Å². The molecule has 2 heterocycles. The van der Waals surface area contributed by atoms with Gasteiger partial charge in [0.15, 0.2) is 0 Å². The molecule has 0 radical (unpaired) electrons. The first-order valence-corrected chi connectivity index (χ1v) is 7.64. The lowest BCUT2D eigenvalue weighted by molar-refractivity contribution is 0.103. The van der Waals surface area contributed by atoms with Crippen LogP contribution < -0.4 is 5.32 Å². The molecule has 2 aromatic rings. The molecule has 2 rings (SSSR count). The van der Waals surface area contributed by atoms with Crippen molar-refractivity contribution in [2.45, 2.75) is 0 Å². The Labute approximate surface area is 127 Å². The fourth-order valence-electron chi connectivity index (χ4n) is 1.11. The summed E-state index contributed by atoms with van der Waals surface area (Å²) in [6.45, 7) is 0. The number of rotatable bonds is 2. The summed E-state index contributed by atoms with van der Waals surface area (Å²) in [7, 11) is 0. The Morgan fingerprint density at radius 1 is 1.29 bits per heavy atom. The highest BCUT2D eigenvalue weighted by molar-refractivity contribution is 9.13. The molecule has 7 heteroatoms. The van der Waals surface area contributed by atoms with Crippen LogP contribution in [0.5, 0.6) is 0 Å². The fourth-order valence-corrected chi connectivity index (χ4v) is 3.39. The standard InChI is InChI=1S/C10H5Br3N2OS/c11-5-2-1-3-14-9(5)15-10(16)7-4-6(12)8(13)17-7/h1-4H,(H,14,15,16). The van der Waals surface area contributed by atoms with Crippen LogP contribution in [0.25, 0.3) is 0 Å². The minimum absolute atomic E-state index is 0.180. The van der Waals surface area contributed by atoms with Gasteiger partial charge in [-0.05, 0) is 66.0 Å². The maximum atomic E-state index is 11.9. The van der Waals surface area contributed by atoms with Crippen LogP contribution in [0.1, 0.15) is 9.67 Å². The Kier molecular flexibility index (Phi) is 4.35. The molecular weight excluding hydrogens is 436 g/mol. The summed E-state index contributed by atoms with van der Waals surface area (Å²) in [5, 5.41) is 2.74. The summed E-state index contributed by atoms with van der Waals surface area (Å²) in [6, 6.07) is 5.38. The number of nitrogens with one attached hydrogen (secondary N) is 1. The van der Waals surface area contributed by atoms with Gasteiger partial charge in [0, 0.05) is 10.7 Å². The van der Waals surface area contributed by atoms with Gasteiger partial charge in [0.05, 0.1) is 13.1 Å². The second-order valence-electron chi connectivity index (χ2n) is 3.02. The SMILES string of the molecule is O=C(Nc1ncccc1Br)c1cc(Br)c(Br)s1. The smallest absolute Gasteiger partial charge is 0.266 e. The largest absolute Gasteiger partial charge is 0.305 e. The zero-order valence-corrected chi connectivity index (χ0v) is 13.8. The molecule has 0 spiro atoms. The number of nitrogens with zero attached hydrogens (tertiary/aromatic N) is 1. The van der Waals surface area contributed by atoms with Crippen LogP contribution >= 0.6 is 59.1 Å². The number of pyridine rings is 1. The maximum absolute atomic E-state index is 11.9. The van der Waals surface area contributed by atoms with E-state index < -0.39 is 0 Å². The molecule has 1 amide bonds. The molecule has 0 aliphatic rings. The Hall–Kier alpha value is -0.240. The van der Waals surface area contributed by atoms with E-state index in [2.05, 4.69) is 58.1 Å². The first-order valence-electron chi connectivity index (χ1n) is 4.44. The Bertz CT molecular complexity index is 551. The lowest BCUT2D eigenvalue weighted by Gasteiger charge is -2.03. The lowest BCUT2D eigenvalue weighted by atomic mass is 10.4. The van der Waals surface area contributed by atoms with Gasteiger partial charge in [0.1, 0.15) is 5.82 Å². The third-order valence-electron chi connectivity index (χ3n) is 1.86. The number of aromatic nitrogens is 1. The van der Waals surface area contributed by atoms with Gasteiger partial charge in [0.2, 0.25) is 0 Å². The van der Waals surface area contributed by atoms with Gasteiger partial charge in [-0.1, -0.05) is 0 Å². The monoisotopic (exact) mass is 438 g/mol. The van der Waals surface area contributed by atoms with Crippen LogP contribution in [-0.4, -0.2) is 10.9 Å². The average molecular weight is 441 g/mol. The van der Waals surface area contributed by atoms with Gasteiger partial charge in [-0.25, -0.2) is 4.98 Å². The Morgan fingerprint density at radius 3 is 2.65 bits per heavy atom. The van der Waals surface area contributed by atoms with E-state index in [4.69, 9.17) is 0 Å². The lowest BCUT2D eigenvalue weighted by Crippen LogP contribution is -2.11. The molecule has 17 heavy (non-hydrogen) atoms. The minimum Gasteiger partial charge on any atom is -0.305 e. The Balaban J connectivity index is 2.20. The molecular formula is C10H5Br3N2OS. The van der Waals surface area contributed by atoms with Crippen molar-refractivity contribution in [1.29, 1.82) is 0 Å². The van der Waals surface area contributed by atoms with E-state index in [1.807, 2.05) is 6.07 Å². The van der Waals surface area contributed by atoms with Crippen LogP contribution in [0.15, 0.2) is 37.1 Å². The van der Waals surface area contributed by atoms with Crippen molar-refractivity contribution in [2.24, 2.45) is 0 Å². The first-order chi connectivity index (χ1) is 8.08. The third kappa shape index (κ3) is 3.15.